The van der Waals surface area contributed by atoms with Gasteiger partial charge in [0.1, 0.15) is 12.4 Å². The van der Waals surface area contributed by atoms with Crippen LogP contribution >= 0.6 is 0 Å². The van der Waals surface area contributed by atoms with Gasteiger partial charge in [0, 0.05) is 25.8 Å². The number of aromatic nitrogens is 4. The van der Waals surface area contributed by atoms with Crippen molar-refractivity contribution < 1.29 is 14.3 Å². The summed E-state index contributed by atoms with van der Waals surface area (Å²) >= 11 is 0. The van der Waals surface area contributed by atoms with Gasteiger partial charge in [0.25, 0.3) is 5.91 Å². The molecule has 0 radical (unpaired) electrons. The zero-order valence-corrected chi connectivity index (χ0v) is 12.9. The first-order valence-electron chi connectivity index (χ1n) is 7.56. The minimum Gasteiger partial charge on any atom is -0.486 e. The molecule has 0 unspecified atom stereocenters. The monoisotopic (exact) mass is 317 g/mol. The number of carbonyl (C=O) groups is 1. The summed E-state index contributed by atoms with van der Waals surface area (Å²) in [6.07, 6.45) is 2.21. The van der Waals surface area contributed by atoms with Crippen molar-refractivity contribution in [3.8, 4) is 5.75 Å². The van der Waals surface area contributed by atoms with Gasteiger partial charge in [0.2, 0.25) is 0 Å². The molecule has 23 heavy (non-hydrogen) atoms. The normalized spacial score (nSPS) is 17.2. The minimum absolute atomic E-state index is 0.107. The average Bonchev–Trinajstić information content (AvgIpc) is 3.23. The summed E-state index contributed by atoms with van der Waals surface area (Å²) in [5, 5.41) is 14.0. The molecule has 1 atom stereocenters. The Hall–Kier alpha value is -2.48. The van der Waals surface area contributed by atoms with Gasteiger partial charge in [-0.25, -0.2) is 4.68 Å². The molecule has 0 spiro atoms. The van der Waals surface area contributed by atoms with Gasteiger partial charge < -0.3 is 14.8 Å². The molecule has 3 rings (SSSR count). The molecule has 1 fully saturated rings. The average molecular weight is 317 g/mol. The van der Waals surface area contributed by atoms with Crippen LogP contribution in [0.2, 0.25) is 0 Å². The second-order valence-electron chi connectivity index (χ2n) is 5.38. The highest BCUT2D eigenvalue weighted by molar-refractivity contribution is 5.94. The molecule has 8 heteroatoms. The smallest absolute Gasteiger partial charge is 0.251 e. The molecule has 1 saturated heterocycles. The molecule has 1 amide bonds. The number of ether oxygens (including phenoxy) is 2. The largest absolute Gasteiger partial charge is 0.486 e. The molecule has 2 aromatic rings. The minimum atomic E-state index is -0.107. The molecule has 1 aliphatic heterocycles. The van der Waals surface area contributed by atoms with Crippen molar-refractivity contribution in [1.82, 2.24) is 25.5 Å². The predicted octanol–water partition coefficient (Wildman–Crippen LogP) is 0.698. The lowest BCUT2D eigenvalue weighted by atomic mass is 10.2. The third-order valence-electron chi connectivity index (χ3n) is 3.71. The molecular weight excluding hydrogens is 298 g/mol. The maximum Gasteiger partial charge on any atom is 0.251 e. The van der Waals surface area contributed by atoms with Crippen molar-refractivity contribution in [3.63, 3.8) is 0 Å². The Balaban J connectivity index is 1.49. The van der Waals surface area contributed by atoms with Crippen LogP contribution < -0.4 is 10.1 Å². The Morgan fingerprint density at radius 2 is 2.26 bits per heavy atom. The molecule has 0 saturated carbocycles. The highest BCUT2D eigenvalue weighted by Crippen LogP contribution is 2.14. The van der Waals surface area contributed by atoms with E-state index >= 15 is 0 Å². The van der Waals surface area contributed by atoms with E-state index in [1.54, 1.807) is 36.0 Å². The van der Waals surface area contributed by atoms with E-state index in [1.807, 2.05) is 0 Å². The van der Waals surface area contributed by atoms with E-state index in [1.165, 1.54) is 0 Å². The highest BCUT2D eigenvalue weighted by atomic mass is 16.5. The van der Waals surface area contributed by atoms with Gasteiger partial charge in [0.15, 0.2) is 5.82 Å². The van der Waals surface area contributed by atoms with E-state index in [0.717, 1.165) is 19.4 Å². The molecule has 0 aliphatic carbocycles. The van der Waals surface area contributed by atoms with Crippen molar-refractivity contribution in [2.24, 2.45) is 7.05 Å². The standard InChI is InChI=1S/C15H19N5O3/c1-20-14(17-18-19-20)10-23-12-6-4-11(5-7-12)15(21)16-9-13-3-2-8-22-13/h4-7,13H,2-3,8-10H2,1H3,(H,16,21)/t13-/m0/s1. The lowest BCUT2D eigenvalue weighted by molar-refractivity contribution is 0.0857. The first-order valence-corrected chi connectivity index (χ1v) is 7.56. The molecule has 1 aromatic heterocycles. The lowest BCUT2D eigenvalue weighted by Crippen LogP contribution is -2.31. The topological polar surface area (TPSA) is 91.2 Å². The first kappa shape index (κ1) is 15.4. The summed E-state index contributed by atoms with van der Waals surface area (Å²) in [5.41, 5.74) is 0.593. The second kappa shape index (κ2) is 7.19. The number of tetrazole rings is 1. The molecule has 1 N–H and O–H groups in total. The molecule has 0 bridgehead atoms. The maximum atomic E-state index is 12.1. The third-order valence-corrected chi connectivity index (χ3v) is 3.71. The zero-order chi connectivity index (χ0) is 16.1. The van der Waals surface area contributed by atoms with E-state index in [4.69, 9.17) is 9.47 Å². The molecule has 1 aromatic carbocycles. The van der Waals surface area contributed by atoms with Gasteiger partial charge in [-0.05, 0) is 47.5 Å². The molecule has 122 valence electrons. The Morgan fingerprint density at radius 3 is 2.91 bits per heavy atom. The van der Waals surface area contributed by atoms with Gasteiger partial charge in [-0.2, -0.15) is 0 Å². The Kier molecular flexibility index (Phi) is 4.82. The molecule has 8 nitrogen and oxygen atoms in total. The van der Waals surface area contributed by atoms with Crippen LogP contribution in [0.15, 0.2) is 24.3 Å². The van der Waals surface area contributed by atoms with Crippen LogP contribution in [0.3, 0.4) is 0 Å². The van der Waals surface area contributed by atoms with Crippen LogP contribution in [0.1, 0.15) is 29.0 Å². The van der Waals surface area contributed by atoms with Crippen LogP contribution in [0.25, 0.3) is 0 Å². The van der Waals surface area contributed by atoms with Gasteiger partial charge in [-0.15, -0.1) is 5.10 Å². The Bertz CT molecular complexity index is 649. The molecule has 1 aliphatic rings. The zero-order valence-electron chi connectivity index (χ0n) is 12.9. The number of nitrogens with one attached hydrogen (secondary N) is 1. The van der Waals surface area contributed by atoms with E-state index in [9.17, 15) is 4.79 Å². The molecule has 2 heterocycles. The number of amides is 1. The van der Waals surface area contributed by atoms with Crippen molar-refractivity contribution in [3.05, 3.63) is 35.7 Å². The Morgan fingerprint density at radius 1 is 1.43 bits per heavy atom. The highest BCUT2D eigenvalue weighted by Gasteiger charge is 2.16. The van der Waals surface area contributed by atoms with Crippen LogP contribution in [0.4, 0.5) is 0 Å². The fourth-order valence-electron chi connectivity index (χ4n) is 2.33. The number of hydrogen-bond acceptors (Lipinski definition) is 6. The summed E-state index contributed by atoms with van der Waals surface area (Å²) in [5.74, 6) is 1.18. The number of carbonyl (C=O) groups excluding carboxylic acids is 1. The fraction of sp³-hybridized carbons (Fsp3) is 0.467. The van der Waals surface area contributed by atoms with E-state index in [0.29, 0.717) is 23.7 Å². The maximum absolute atomic E-state index is 12.1. The van der Waals surface area contributed by atoms with Crippen molar-refractivity contribution in [2.75, 3.05) is 13.2 Å². The third kappa shape index (κ3) is 4.04. The van der Waals surface area contributed by atoms with Gasteiger partial charge in [-0.1, -0.05) is 0 Å². The van der Waals surface area contributed by atoms with Gasteiger partial charge >= 0.3 is 0 Å². The number of benzene rings is 1. The van der Waals surface area contributed by atoms with Gasteiger partial charge in [-0.3, -0.25) is 4.79 Å². The van der Waals surface area contributed by atoms with Crippen LogP contribution in [0.5, 0.6) is 5.75 Å². The van der Waals surface area contributed by atoms with E-state index in [2.05, 4.69) is 20.8 Å². The fourth-order valence-corrected chi connectivity index (χ4v) is 2.33. The summed E-state index contributed by atoms with van der Waals surface area (Å²) in [4.78, 5) is 12.1. The van der Waals surface area contributed by atoms with Crippen molar-refractivity contribution in [2.45, 2.75) is 25.6 Å². The summed E-state index contributed by atoms with van der Waals surface area (Å²) in [7, 11) is 1.75. The van der Waals surface area contributed by atoms with E-state index in [-0.39, 0.29) is 18.6 Å². The second-order valence-corrected chi connectivity index (χ2v) is 5.38. The van der Waals surface area contributed by atoms with E-state index < -0.39 is 0 Å². The van der Waals surface area contributed by atoms with Crippen molar-refractivity contribution in [1.29, 1.82) is 0 Å². The number of rotatable bonds is 6. The van der Waals surface area contributed by atoms with Crippen LogP contribution in [0, 0.1) is 0 Å². The SMILES string of the molecule is Cn1nnnc1COc1ccc(C(=O)NC[C@@H]2CCCO2)cc1. The number of aryl methyl sites for hydroxylation is 1. The quantitative estimate of drug-likeness (QED) is 0.843. The summed E-state index contributed by atoms with van der Waals surface area (Å²) in [6.45, 7) is 1.61. The first-order chi connectivity index (χ1) is 11.2. The summed E-state index contributed by atoms with van der Waals surface area (Å²) < 4.78 is 12.6. The Labute approximate surface area is 133 Å². The van der Waals surface area contributed by atoms with Crippen LogP contribution in [-0.2, 0) is 18.4 Å². The summed E-state index contributed by atoms with van der Waals surface area (Å²) in [6, 6.07) is 6.97. The number of hydrogen-bond donors (Lipinski definition) is 1. The predicted molar refractivity (Wildman–Crippen MR) is 80.9 cm³/mol. The number of nitrogens with zero attached hydrogens (tertiary/aromatic N) is 4. The van der Waals surface area contributed by atoms with Crippen molar-refractivity contribution >= 4 is 5.91 Å². The molecular formula is C15H19N5O3. The van der Waals surface area contributed by atoms with Crippen LogP contribution in [-0.4, -0.2) is 45.4 Å². The van der Waals surface area contributed by atoms with Gasteiger partial charge in [0.05, 0.1) is 6.10 Å². The lowest BCUT2D eigenvalue weighted by Gasteiger charge is -2.11.